The number of carbonyl (C=O) groups is 1. The van der Waals surface area contributed by atoms with Crippen molar-refractivity contribution in [2.45, 2.75) is 58.5 Å². The van der Waals surface area contributed by atoms with Crippen molar-refractivity contribution in [3.63, 3.8) is 0 Å². The van der Waals surface area contributed by atoms with E-state index >= 15 is 0 Å². The van der Waals surface area contributed by atoms with Crippen LogP contribution in [0.1, 0.15) is 63.6 Å². The number of benzene rings is 2. The van der Waals surface area contributed by atoms with E-state index in [1.165, 1.54) is 5.56 Å². The number of hydrogen-bond acceptors (Lipinski definition) is 5. The van der Waals surface area contributed by atoms with Gasteiger partial charge in [-0.1, -0.05) is 78.3 Å². The highest BCUT2D eigenvalue weighted by atomic mass is 79.9. The Bertz CT molecular complexity index is 1120. The largest absolute Gasteiger partial charge is 0.349 e. The van der Waals surface area contributed by atoms with Crippen LogP contribution in [0.15, 0.2) is 57.5 Å². The molecule has 180 valence electrons. The first-order chi connectivity index (χ1) is 16.2. The summed E-state index contributed by atoms with van der Waals surface area (Å²) < 4.78 is 6.47. The maximum atomic E-state index is 13.0. The van der Waals surface area contributed by atoms with Gasteiger partial charge in [-0.15, -0.1) is 0 Å². The van der Waals surface area contributed by atoms with Gasteiger partial charge in [-0.05, 0) is 55.0 Å². The molecule has 1 aromatic heterocycles. The van der Waals surface area contributed by atoms with E-state index in [-0.39, 0.29) is 23.3 Å². The number of aromatic nitrogens is 2. The molecule has 1 saturated heterocycles. The smallest absolute Gasteiger partial charge is 0.241 e. The molecule has 0 spiro atoms. The third-order valence-electron chi connectivity index (χ3n) is 6.42. The van der Waals surface area contributed by atoms with E-state index in [2.05, 4.69) is 81.3 Å². The molecular formula is C27H33BrN4O2. The van der Waals surface area contributed by atoms with Gasteiger partial charge in [0.05, 0.1) is 18.5 Å². The number of likely N-dealkylation sites (tertiary alicyclic amines) is 1. The lowest BCUT2D eigenvalue weighted by molar-refractivity contribution is -0.127. The maximum absolute atomic E-state index is 13.0. The fourth-order valence-corrected chi connectivity index (χ4v) is 4.75. The number of rotatable bonds is 6. The summed E-state index contributed by atoms with van der Waals surface area (Å²) in [5, 5.41) is 7.35. The van der Waals surface area contributed by atoms with Crippen molar-refractivity contribution < 1.29 is 9.32 Å². The fourth-order valence-electron chi connectivity index (χ4n) is 4.35. The molecule has 4 rings (SSSR count). The molecule has 6 nitrogen and oxygen atoms in total. The van der Waals surface area contributed by atoms with Crippen molar-refractivity contribution in [1.82, 2.24) is 20.4 Å². The summed E-state index contributed by atoms with van der Waals surface area (Å²) in [7, 11) is 0. The Morgan fingerprint density at radius 3 is 2.71 bits per heavy atom. The van der Waals surface area contributed by atoms with Gasteiger partial charge in [0.15, 0.2) is 0 Å². The number of piperidine rings is 1. The van der Waals surface area contributed by atoms with Gasteiger partial charge in [0.1, 0.15) is 0 Å². The molecule has 0 bridgehead atoms. The SMILES string of the molecule is CC(NC(=O)C1CCCN(Cc2nc(-c3cccc(Br)c3)no2)C1)c1ccc(C(C)(C)C)cc1. The van der Waals surface area contributed by atoms with E-state index in [0.717, 1.165) is 35.0 Å². The molecule has 1 amide bonds. The minimum absolute atomic E-state index is 0.0272. The molecule has 34 heavy (non-hydrogen) atoms. The van der Waals surface area contributed by atoms with E-state index in [1.54, 1.807) is 0 Å². The Morgan fingerprint density at radius 1 is 1.24 bits per heavy atom. The molecule has 0 saturated carbocycles. The number of halogens is 1. The lowest BCUT2D eigenvalue weighted by Gasteiger charge is -2.31. The highest BCUT2D eigenvalue weighted by Crippen LogP contribution is 2.25. The van der Waals surface area contributed by atoms with Crippen LogP contribution in [0, 0.1) is 5.92 Å². The predicted molar refractivity (Wildman–Crippen MR) is 137 cm³/mol. The fraction of sp³-hybridized carbons (Fsp3) is 0.444. The van der Waals surface area contributed by atoms with Crippen molar-refractivity contribution in [3.05, 3.63) is 70.0 Å². The number of carbonyl (C=O) groups excluding carboxylic acids is 1. The zero-order valence-corrected chi connectivity index (χ0v) is 21.9. The molecule has 1 aliphatic heterocycles. The quantitative estimate of drug-likeness (QED) is 0.435. The lowest BCUT2D eigenvalue weighted by atomic mass is 9.86. The average molecular weight is 525 g/mol. The predicted octanol–water partition coefficient (Wildman–Crippen LogP) is 5.89. The summed E-state index contributed by atoms with van der Waals surface area (Å²) in [5.74, 6) is 1.22. The summed E-state index contributed by atoms with van der Waals surface area (Å²) in [6, 6.07) is 16.4. The van der Waals surface area contributed by atoms with Gasteiger partial charge in [-0.2, -0.15) is 4.98 Å². The van der Waals surface area contributed by atoms with Crippen LogP contribution in [-0.4, -0.2) is 34.0 Å². The minimum atomic E-state index is -0.0440. The first-order valence-corrected chi connectivity index (χ1v) is 12.7. The van der Waals surface area contributed by atoms with Crippen molar-refractivity contribution in [3.8, 4) is 11.4 Å². The molecule has 3 aromatic rings. The molecule has 2 unspecified atom stereocenters. The Kier molecular flexibility index (Phi) is 7.53. The standard InChI is InChI=1S/C27H33BrN4O2/c1-18(19-10-12-22(13-11-19)27(2,3)4)29-26(33)21-8-6-14-32(16-21)17-24-30-25(31-34-24)20-7-5-9-23(28)15-20/h5,7,9-13,15,18,21H,6,8,14,16-17H2,1-4H3,(H,29,33). The highest BCUT2D eigenvalue weighted by Gasteiger charge is 2.28. The van der Waals surface area contributed by atoms with Crippen LogP contribution in [0.5, 0.6) is 0 Å². The van der Waals surface area contributed by atoms with Crippen LogP contribution in [-0.2, 0) is 16.8 Å². The van der Waals surface area contributed by atoms with Crippen LogP contribution in [0.25, 0.3) is 11.4 Å². The Balaban J connectivity index is 1.33. The van der Waals surface area contributed by atoms with Gasteiger partial charge in [-0.3, -0.25) is 9.69 Å². The van der Waals surface area contributed by atoms with Gasteiger partial charge in [0.25, 0.3) is 0 Å². The van der Waals surface area contributed by atoms with E-state index < -0.39 is 0 Å². The van der Waals surface area contributed by atoms with Gasteiger partial charge in [0.2, 0.25) is 17.6 Å². The van der Waals surface area contributed by atoms with Gasteiger partial charge < -0.3 is 9.84 Å². The molecule has 0 aliphatic carbocycles. The second-order valence-electron chi connectivity index (χ2n) is 10.2. The summed E-state index contributed by atoms with van der Waals surface area (Å²) in [6.07, 6.45) is 1.87. The third kappa shape index (κ3) is 6.13. The van der Waals surface area contributed by atoms with Crippen molar-refractivity contribution in [1.29, 1.82) is 0 Å². The summed E-state index contributed by atoms with van der Waals surface area (Å²) >= 11 is 3.48. The van der Waals surface area contributed by atoms with Gasteiger partial charge in [-0.25, -0.2) is 0 Å². The zero-order valence-electron chi connectivity index (χ0n) is 20.3. The Labute approximate surface area is 210 Å². The van der Waals surface area contributed by atoms with E-state index in [0.29, 0.717) is 24.8 Å². The third-order valence-corrected chi connectivity index (χ3v) is 6.91. The molecule has 1 N–H and O–H groups in total. The van der Waals surface area contributed by atoms with Crippen LogP contribution >= 0.6 is 15.9 Å². The van der Waals surface area contributed by atoms with Gasteiger partial charge in [0, 0.05) is 16.6 Å². The second-order valence-corrected chi connectivity index (χ2v) is 11.1. The van der Waals surface area contributed by atoms with Crippen LogP contribution in [0.3, 0.4) is 0 Å². The van der Waals surface area contributed by atoms with Gasteiger partial charge >= 0.3 is 0 Å². The van der Waals surface area contributed by atoms with Crippen molar-refractivity contribution in [2.75, 3.05) is 13.1 Å². The molecule has 1 fully saturated rings. The van der Waals surface area contributed by atoms with Crippen molar-refractivity contribution >= 4 is 21.8 Å². The van der Waals surface area contributed by atoms with Crippen LogP contribution in [0.2, 0.25) is 0 Å². The summed E-state index contributed by atoms with van der Waals surface area (Å²) in [6.45, 7) is 10.8. The number of nitrogens with one attached hydrogen (secondary N) is 1. The molecule has 1 aliphatic rings. The normalized spacial score (nSPS) is 18.0. The average Bonchev–Trinajstić information content (AvgIpc) is 3.27. The number of hydrogen-bond donors (Lipinski definition) is 1. The topological polar surface area (TPSA) is 71.3 Å². The molecule has 2 aromatic carbocycles. The van der Waals surface area contributed by atoms with E-state index in [1.807, 2.05) is 31.2 Å². The molecular weight excluding hydrogens is 492 g/mol. The molecule has 2 atom stereocenters. The molecule has 0 radical (unpaired) electrons. The Hall–Kier alpha value is -2.51. The van der Waals surface area contributed by atoms with Crippen LogP contribution in [0.4, 0.5) is 0 Å². The highest BCUT2D eigenvalue weighted by molar-refractivity contribution is 9.10. The summed E-state index contributed by atoms with van der Waals surface area (Å²) in [5.41, 5.74) is 3.44. The lowest BCUT2D eigenvalue weighted by Crippen LogP contribution is -2.43. The summed E-state index contributed by atoms with van der Waals surface area (Å²) in [4.78, 5) is 19.8. The maximum Gasteiger partial charge on any atom is 0.241 e. The van der Waals surface area contributed by atoms with Crippen molar-refractivity contribution in [2.24, 2.45) is 5.92 Å². The monoisotopic (exact) mass is 524 g/mol. The zero-order chi connectivity index (χ0) is 24.3. The minimum Gasteiger partial charge on any atom is -0.349 e. The first-order valence-electron chi connectivity index (χ1n) is 11.9. The molecule has 2 heterocycles. The Morgan fingerprint density at radius 2 is 2.00 bits per heavy atom. The number of nitrogens with zero attached hydrogens (tertiary/aromatic N) is 3. The number of amides is 1. The second kappa shape index (κ2) is 10.4. The van der Waals surface area contributed by atoms with Crippen LogP contribution < -0.4 is 5.32 Å². The van der Waals surface area contributed by atoms with E-state index in [4.69, 9.17) is 4.52 Å². The van der Waals surface area contributed by atoms with E-state index in [9.17, 15) is 4.79 Å². The molecule has 7 heteroatoms. The first kappa shape index (κ1) is 24.6.